The Labute approximate surface area is 94.5 Å². The molecule has 2 aromatic rings. The zero-order chi connectivity index (χ0) is 11.5. The van der Waals surface area contributed by atoms with E-state index in [1.165, 1.54) is 6.07 Å². The van der Waals surface area contributed by atoms with Crippen LogP contribution in [0, 0.1) is 12.7 Å². The van der Waals surface area contributed by atoms with Gasteiger partial charge in [0.15, 0.2) is 0 Å². The first-order valence-corrected chi connectivity index (χ1v) is 5.12. The second kappa shape index (κ2) is 4.35. The first kappa shape index (κ1) is 10.7. The van der Waals surface area contributed by atoms with Crippen molar-refractivity contribution in [3.63, 3.8) is 0 Å². The summed E-state index contributed by atoms with van der Waals surface area (Å²) in [5, 5.41) is 0. The Bertz CT molecular complexity index is 506. The van der Waals surface area contributed by atoms with E-state index >= 15 is 0 Å². The van der Waals surface area contributed by atoms with Crippen LogP contribution >= 0.6 is 0 Å². The van der Waals surface area contributed by atoms with Crippen LogP contribution in [-0.2, 0) is 0 Å². The van der Waals surface area contributed by atoms with Gasteiger partial charge in [-0.3, -0.25) is 0 Å². The summed E-state index contributed by atoms with van der Waals surface area (Å²) in [6, 6.07) is 12.8. The van der Waals surface area contributed by atoms with E-state index in [0.717, 1.165) is 16.9 Å². The quantitative estimate of drug-likeness (QED) is 0.741. The van der Waals surface area contributed by atoms with Gasteiger partial charge in [0, 0.05) is 5.56 Å². The molecule has 0 aliphatic carbocycles. The highest BCUT2D eigenvalue weighted by atomic mass is 19.1. The summed E-state index contributed by atoms with van der Waals surface area (Å²) in [5.74, 6) is 0.564. The van der Waals surface area contributed by atoms with E-state index in [4.69, 9.17) is 4.74 Å². The summed E-state index contributed by atoms with van der Waals surface area (Å²) >= 11 is 0. The molecular formula is C14H13FO. The predicted octanol–water partition coefficient (Wildman–Crippen LogP) is 3.81. The van der Waals surface area contributed by atoms with Gasteiger partial charge in [-0.25, -0.2) is 4.39 Å². The fourth-order valence-electron chi connectivity index (χ4n) is 1.64. The van der Waals surface area contributed by atoms with E-state index < -0.39 is 0 Å². The van der Waals surface area contributed by atoms with Crippen LogP contribution in [-0.4, -0.2) is 7.11 Å². The van der Waals surface area contributed by atoms with Gasteiger partial charge in [-0.2, -0.15) is 0 Å². The molecule has 0 atom stereocenters. The summed E-state index contributed by atoms with van der Waals surface area (Å²) in [7, 11) is 1.61. The maximum atomic E-state index is 13.5. The lowest BCUT2D eigenvalue weighted by molar-refractivity contribution is 0.416. The summed E-state index contributed by atoms with van der Waals surface area (Å²) in [6.45, 7) is 1.75. The molecule has 82 valence electrons. The molecule has 2 rings (SSSR count). The maximum absolute atomic E-state index is 13.5. The zero-order valence-corrected chi connectivity index (χ0v) is 9.33. The molecule has 16 heavy (non-hydrogen) atoms. The number of methoxy groups -OCH3 is 1. The van der Waals surface area contributed by atoms with Gasteiger partial charge in [-0.1, -0.05) is 30.3 Å². The topological polar surface area (TPSA) is 9.23 Å². The maximum Gasteiger partial charge on any atom is 0.126 e. The average molecular weight is 216 g/mol. The van der Waals surface area contributed by atoms with Gasteiger partial charge in [-0.15, -0.1) is 0 Å². The van der Waals surface area contributed by atoms with Gasteiger partial charge in [0.05, 0.1) is 7.11 Å². The molecule has 0 aliphatic rings. The van der Waals surface area contributed by atoms with Gasteiger partial charge in [0.1, 0.15) is 11.6 Å². The number of hydrogen-bond donors (Lipinski definition) is 0. The highest BCUT2D eigenvalue weighted by Gasteiger charge is 2.06. The third-order valence-corrected chi connectivity index (χ3v) is 2.59. The van der Waals surface area contributed by atoms with E-state index in [-0.39, 0.29) is 5.82 Å². The van der Waals surface area contributed by atoms with Gasteiger partial charge in [0.2, 0.25) is 0 Å². The van der Waals surface area contributed by atoms with Crippen molar-refractivity contribution in [1.82, 2.24) is 0 Å². The van der Waals surface area contributed by atoms with Crippen molar-refractivity contribution in [1.29, 1.82) is 0 Å². The van der Waals surface area contributed by atoms with Gasteiger partial charge >= 0.3 is 0 Å². The fourth-order valence-corrected chi connectivity index (χ4v) is 1.64. The van der Waals surface area contributed by atoms with E-state index in [9.17, 15) is 4.39 Å². The molecule has 2 aromatic carbocycles. The second-order valence-electron chi connectivity index (χ2n) is 3.66. The van der Waals surface area contributed by atoms with Gasteiger partial charge < -0.3 is 4.74 Å². The molecular weight excluding hydrogens is 203 g/mol. The molecule has 0 radical (unpaired) electrons. The molecule has 0 spiro atoms. The van der Waals surface area contributed by atoms with Crippen molar-refractivity contribution in [2.75, 3.05) is 7.11 Å². The number of para-hydroxylation sites is 1. The Morgan fingerprint density at radius 1 is 1.06 bits per heavy atom. The molecule has 0 N–H and O–H groups in total. The number of benzene rings is 2. The Morgan fingerprint density at radius 3 is 2.50 bits per heavy atom. The Hall–Kier alpha value is -1.83. The smallest absolute Gasteiger partial charge is 0.126 e. The summed E-state index contributed by atoms with van der Waals surface area (Å²) in [6.07, 6.45) is 0. The van der Waals surface area contributed by atoms with Crippen LogP contribution in [0.5, 0.6) is 5.75 Å². The summed E-state index contributed by atoms with van der Waals surface area (Å²) in [5.41, 5.74) is 2.39. The fraction of sp³-hybridized carbons (Fsp3) is 0.143. The van der Waals surface area contributed by atoms with Crippen LogP contribution in [0.2, 0.25) is 0 Å². The number of ether oxygens (including phenoxy) is 1. The van der Waals surface area contributed by atoms with E-state index in [1.807, 2.05) is 30.3 Å². The summed E-state index contributed by atoms with van der Waals surface area (Å²) < 4.78 is 18.7. The highest BCUT2D eigenvalue weighted by molar-refractivity contribution is 5.70. The van der Waals surface area contributed by atoms with Crippen LogP contribution in [0.15, 0.2) is 42.5 Å². The van der Waals surface area contributed by atoms with Crippen molar-refractivity contribution in [2.24, 2.45) is 0 Å². The third kappa shape index (κ3) is 1.91. The van der Waals surface area contributed by atoms with Crippen LogP contribution in [0.1, 0.15) is 5.56 Å². The van der Waals surface area contributed by atoms with Crippen LogP contribution in [0.4, 0.5) is 4.39 Å². The highest BCUT2D eigenvalue weighted by Crippen LogP contribution is 2.30. The minimum Gasteiger partial charge on any atom is -0.496 e. The monoisotopic (exact) mass is 216 g/mol. The molecule has 2 heteroatoms. The number of halogens is 1. The third-order valence-electron chi connectivity index (χ3n) is 2.59. The van der Waals surface area contributed by atoms with E-state index in [0.29, 0.717) is 5.56 Å². The van der Waals surface area contributed by atoms with E-state index in [2.05, 4.69) is 0 Å². The normalized spacial score (nSPS) is 10.2. The van der Waals surface area contributed by atoms with Crippen molar-refractivity contribution in [2.45, 2.75) is 6.92 Å². The Morgan fingerprint density at radius 2 is 1.81 bits per heavy atom. The number of rotatable bonds is 2. The van der Waals surface area contributed by atoms with Crippen molar-refractivity contribution >= 4 is 0 Å². The minimum atomic E-state index is -0.191. The first-order valence-electron chi connectivity index (χ1n) is 5.12. The minimum absolute atomic E-state index is 0.191. The number of hydrogen-bond acceptors (Lipinski definition) is 1. The van der Waals surface area contributed by atoms with Crippen molar-refractivity contribution < 1.29 is 9.13 Å². The van der Waals surface area contributed by atoms with Crippen molar-refractivity contribution in [3.05, 3.63) is 53.8 Å². The molecule has 0 saturated heterocycles. The van der Waals surface area contributed by atoms with Gasteiger partial charge in [0.25, 0.3) is 0 Å². The molecule has 0 heterocycles. The molecule has 0 bridgehead atoms. The number of aryl methyl sites for hydroxylation is 1. The molecule has 0 aromatic heterocycles. The Kier molecular flexibility index (Phi) is 2.91. The Balaban J connectivity index is 2.54. The average Bonchev–Trinajstić information content (AvgIpc) is 2.32. The van der Waals surface area contributed by atoms with Crippen LogP contribution in [0.25, 0.3) is 11.1 Å². The largest absolute Gasteiger partial charge is 0.496 e. The van der Waals surface area contributed by atoms with E-state index in [1.54, 1.807) is 20.1 Å². The molecule has 0 fully saturated rings. The van der Waals surface area contributed by atoms with Crippen LogP contribution in [0.3, 0.4) is 0 Å². The molecule has 0 unspecified atom stereocenters. The second-order valence-corrected chi connectivity index (χ2v) is 3.66. The molecule has 0 saturated carbocycles. The van der Waals surface area contributed by atoms with Gasteiger partial charge in [-0.05, 0) is 30.2 Å². The lowest BCUT2D eigenvalue weighted by Gasteiger charge is -2.08. The molecule has 1 nitrogen and oxygen atoms in total. The van der Waals surface area contributed by atoms with Crippen LogP contribution < -0.4 is 4.74 Å². The lowest BCUT2D eigenvalue weighted by Crippen LogP contribution is -1.89. The van der Waals surface area contributed by atoms with Crippen molar-refractivity contribution in [3.8, 4) is 16.9 Å². The first-order chi connectivity index (χ1) is 7.72. The standard InChI is InChI=1S/C14H13FO/c1-10-7-8-11(9-13(10)15)12-5-3-4-6-14(12)16-2/h3-9H,1-2H3. The predicted molar refractivity (Wildman–Crippen MR) is 63.1 cm³/mol. The SMILES string of the molecule is COc1ccccc1-c1ccc(C)c(F)c1. The molecule has 0 aliphatic heterocycles. The summed E-state index contributed by atoms with van der Waals surface area (Å²) in [4.78, 5) is 0. The molecule has 0 amide bonds. The zero-order valence-electron chi connectivity index (χ0n) is 9.33. The lowest BCUT2D eigenvalue weighted by atomic mass is 10.0.